The minimum Gasteiger partial charge on any atom is -0.308 e. The van der Waals surface area contributed by atoms with Gasteiger partial charge < -0.3 is 5.32 Å². The van der Waals surface area contributed by atoms with E-state index < -0.39 is 16.9 Å². The summed E-state index contributed by atoms with van der Waals surface area (Å²) in [7, 11) is 0. The van der Waals surface area contributed by atoms with Crippen molar-refractivity contribution in [3.63, 3.8) is 0 Å². The molecule has 2 aromatic rings. The summed E-state index contributed by atoms with van der Waals surface area (Å²) in [6, 6.07) is 12.9. The van der Waals surface area contributed by atoms with Crippen LogP contribution in [-0.4, -0.2) is 16.9 Å². The molecule has 0 spiro atoms. The van der Waals surface area contributed by atoms with Crippen molar-refractivity contribution in [2.75, 3.05) is 5.32 Å². The fourth-order valence-corrected chi connectivity index (χ4v) is 1.59. The zero-order valence-corrected chi connectivity index (χ0v) is 10.8. The van der Waals surface area contributed by atoms with Crippen LogP contribution >= 0.6 is 0 Å². The monoisotopic (exact) mass is 285 g/mol. The molecule has 2 rings (SSSR count). The third kappa shape index (κ3) is 3.87. The summed E-state index contributed by atoms with van der Waals surface area (Å²) in [5, 5.41) is 15.1. The Balaban J connectivity index is 1.97. The van der Waals surface area contributed by atoms with Gasteiger partial charge >= 0.3 is 6.03 Å². The Hall–Kier alpha value is -3.22. The Morgan fingerprint density at radius 1 is 0.952 bits per heavy atom. The highest BCUT2D eigenvalue weighted by molar-refractivity contribution is 6.08. The number of nitro benzene ring substituents is 1. The molecule has 106 valence electrons. The van der Waals surface area contributed by atoms with Crippen molar-refractivity contribution < 1.29 is 14.5 Å². The van der Waals surface area contributed by atoms with Gasteiger partial charge in [-0.2, -0.15) is 0 Å². The van der Waals surface area contributed by atoms with Crippen LogP contribution in [0.15, 0.2) is 54.6 Å². The summed E-state index contributed by atoms with van der Waals surface area (Å²) in [5.74, 6) is -0.640. The van der Waals surface area contributed by atoms with Crippen LogP contribution < -0.4 is 10.6 Å². The zero-order valence-electron chi connectivity index (χ0n) is 10.8. The van der Waals surface area contributed by atoms with Gasteiger partial charge in [0.1, 0.15) is 0 Å². The average Bonchev–Trinajstić information content (AvgIpc) is 2.48. The van der Waals surface area contributed by atoms with Crippen molar-refractivity contribution in [3.8, 4) is 0 Å². The molecule has 0 heterocycles. The van der Waals surface area contributed by atoms with Gasteiger partial charge in [0.25, 0.3) is 11.6 Å². The van der Waals surface area contributed by atoms with E-state index in [1.165, 1.54) is 24.3 Å². The van der Waals surface area contributed by atoms with E-state index in [1.807, 2.05) is 0 Å². The van der Waals surface area contributed by atoms with Crippen molar-refractivity contribution in [2.24, 2.45) is 0 Å². The number of hydrogen-bond donors (Lipinski definition) is 2. The van der Waals surface area contributed by atoms with Crippen LogP contribution in [0, 0.1) is 10.1 Å². The van der Waals surface area contributed by atoms with Gasteiger partial charge in [-0.05, 0) is 24.3 Å². The quantitative estimate of drug-likeness (QED) is 0.668. The second-order valence-electron chi connectivity index (χ2n) is 4.08. The number of amides is 3. The van der Waals surface area contributed by atoms with Crippen LogP contribution in [0.3, 0.4) is 0 Å². The maximum Gasteiger partial charge on any atom is 0.326 e. The molecule has 0 aromatic heterocycles. The maximum atomic E-state index is 11.8. The van der Waals surface area contributed by atoms with Crippen molar-refractivity contribution in [1.82, 2.24) is 5.32 Å². The molecule has 0 unspecified atom stereocenters. The molecule has 0 atom stereocenters. The lowest BCUT2D eigenvalue weighted by Crippen LogP contribution is -2.34. The number of urea groups is 1. The Morgan fingerprint density at radius 2 is 1.57 bits per heavy atom. The Morgan fingerprint density at radius 3 is 2.14 bits per heavy atom. The van der Waals surface area contributed by atoms with E-state index in [0.29, 0.717) is 5.69 Å². The molecule has 0 aliphatic carbocycles. The molecule has 0 radical (unpaired) electrons. The topological polar surface area (TPSA) is 101 Å². The third-order valence-electron chi connectivity index (χ3n) is 2.60. The van der Waals surface area contributed by atoms with Crippen LogP contribution in [0.25, 0.3) is 0 Å². The fraction of sp³-hybridized carbons (Fsp3) is 0. The van der Waals surface area contributed by atoms with Gasteiger partial charge in [0, 0.05) is 23.4 Å². The minimum absolute atomic E-state index is 0.125. The Labute approximate surface area is 119 Å². The van der Waals surface area contributed by atoms with E-state index in [-0.39, 0.29) is 11.3 Å². The van der Waals surface area contributed by atoms with Gasteiger partial charge in [-0.3, -0.25) is 20.2 Å². The normalized spacial score (nSPS) is 9.71. The van der Waals surface area contributed by atoms with Crippen LogP contribution in [-0.2, 0) is 0 Å². The first kappa shape index (κ1) is 14.2. The molecule has 0 aliphatic rings. The number of carbonyl (C=O) groups is 2. The number of nitrogens with one attached hydrogen (secondary N) is 2. The molecular weight excluding hydrogens is 274 g/mol. The smallest absolute Gasteiger partial charge is 0.308 e. The number of rotatable bonds is 3. The van der Waals surface area contributed by atoms with Crippen molar-refractivity contribution in [2.45, 2.75) is 0 Å². The Bertz CT molecular complexity index is 668. The van der Waals surface area contributed by atoms with Crippen LogP contribution in [0.4, 0.5) is 16.2 Å². The number of imide groups is 1. The Kier molecular flexibility index (Phi) is 4.25. The second-order valence-corrected chi connectivity index (χ2v) is 4.08. The first-order valence-corrected chi connectivity index (χ1v) is 5.98. The summed E-state index contributed by atoms with van der Waals surface area (Å²) in [5.41, 5.74) is 0.579. The lowest BCUT2D eigenvalue weighted by atomic mass is 10.2. The predicted octanol–water partition coefficient (Wildman–Crippen LogP) is 2.56. The molecule has 0 saturated heterocycles. The number of nitrogens with zero attached hydrogens (tertiary/aromatic N) is 1. The predicted molar refractivity (Wildman–Crippen MR) is 76.0 cm³/mol. The number of nitro groups is 1. The maximum absolute atomic E-state index is 11.8. The highest BCUT2D eigenvalue weighted by atomic mass is 16.6. The fourth-order valence-electron chi connectivity index (χ4n) is 1.59. The summed E-state index contributed by atoms with van der Waals surface area (Å²) in [6.45, 7) is 0. The molecule has 0 fully saturated rings. The van der Waals surface area contributed by atoms with Crippen LogP contribution in [0.5, 0.6) is 0 Å². The van der Waals surface area contributed by atoms with Gasteiger partial charge in [0.2, 0.25) is 0 Å². The van der Waals surface area contributed by atoms with E-state index in [4.69, 9.17) is 0 Å². The molecule has 7 nitrogen and oxygen atoms in total. The number of benzene rings is 2. The molecule has 0 aliphatic heterocycles. The van der Waals surface area contributed by atoms with E-state index in [2.05, 4.69) is 10.6 Å². The summed E-state index contributed by atoms with van der Waals surface area (Å²) in [6.07, 6.45) is 0. The van der Waals surface area contributed by atoms with E-state index in [0.717, 1.165) is 0 Å². The second kappa shape index (κ2) is 6.29. The third-order valence-corrected chi connectivity index (χ3v) is 2.60. The summed E-state index contributed by atoms with van der Waals surface area (Å²) >= 11 is 0. The van der Waals surface area contributed by atoms with Gasteiger partial charge in [0.15, 0.2) is 0 Å². The standard InChI is InChI=1S/C14H11N3O4/c18-13(10-6-8-12(9-7-10)17(20)21)16-14(19)15-11-4-2-1-3-5-11/h1-9H,(H2,15,16,18,19). The summed E-state index contributed by atoms with van der Waals surface area (Å²) in [4.78, 5) is 33.3. The van der Waals surface area contributed by atoms with Crippen molar-refractivity contribution in [1.29, 1.82) is 0 Å². The van der Waals surface area contributed by atoms with Crippen molar-refractivity contribution in [3.05, 3.63) is 70.3 Å². The van der Waals surface area contributed by atoms with E-state index in [9.17, 15) is 19.7 Å². The van der Waals surface area contributed by atoms with Gasteiger partial charge in [-0.1, -0.05) is 18.2 Å². The lowest BCUT2D eigenvalue weighted by molar-refractivity contribution is -0.384. The SMILES string of the molecule is O=C(NC(=O)c1ccc([N+](=O)[O-])cc1)Nc1ccccc1. The highest BCUT2D eigenvalue weighted by Gasteiger charge is 2.12. The van der Waals surface area contributed by atoms with E-state index >= 15 is 0 Å². The largest absolute Gasteiger partial charge is 0.326 e. The first-order chi connectivity index (χ1) is 10.1. The van der Waals surface area contributed by atoms with Crippen molar-refractivity contribution >= 4 is 23.3 Å². The molecule has 2 N–H and O–H groups in total. The van der Waals surface area contributed by atoms with E-state index in [1.54, 1.807) is 30.3 Å². The molecule has 21 heavy (non-hydrogen) atoms. The van der Waals surface area contributed by atoms with Gasteiger partial charge in [-0.25, -0.2) is 4.79 Å². The number of non-ortho nitro benzene ring substituents is 1. The molecular formula is C14H11N3O4. The molecule has 3 amide bonds. The molecule has 0 saturated carbocycles. The number of hydrogen-bond acceptors (Lipinski definition) is 4. The van der Waals surface area contributed by atoms with Crippen LogP contribution in [0.1, 0.15) is 10.4 Å². The molecule has 2 aromatic carbocycles. The number of anilines is 1. The zero-order chi connectivity index (χ0) is 15.2. The lowest BCUT2D eigenvalue weighted by Gasteiger charge is -2.06. The van der Waals surface area contributed by atoms with Gasteiger partial charge in [-0.15, -0.1) is 0 Å². The molecule has 0 bridgehead atoms. The highest BCUT2D eigenvalue weighted by Crippen LogP contribution is 2.12. The average molecular weight is 285 g/mol. The van der Waals surface area contributed by atoms with Crippen LogP contribution in [0.2, 0.25) is 0 Å². The summed E-state index contributed by atoms with van der Waals surface area (Å²) < 4.78 is 0. The number of para-hydroxylation sites is 1. The number of carbonyl (C=O) groups excluding carboxylic acids is 2. The molecule has 7 heteroatoms. The first-order valence-electron chi connectivity index (χ1n) is 5.98. The van der Waals surface area contributed by atoms with Gasteiger partial charge in [0.05, 0.1) is 4.92 Å². The minimum atomic E-state index is -0.676.